The van der Waals surface area contributed by atoms with Crippen LogP contribution in [-0.4, -0.2) is 24.4 Å². The molecule has 0 saturated carbocycles. The molecular formula is C11H15BrN2O. The fourth-order valence-electron chi connectivity index (χ4n) is 1.36. The zero-order valence-corrected chi connectivity index (χ0v) is 10.5. The summed E-state index contributed by atoms with van der Waals surface area (Å²) in [6.45, 7) is 2.79. The van der Waals surface area contributed by atoms with Gasteiger partial charge in [0.05, 0.1) is 10.0 Å². The zero-order chi connectivity index (χ0) is 11.4. The van der Waals surface area contributed by atoms with Crippen molar-refractivity contribution in [3.63, 3.8) is 0 Å². The Morgan fingerprint density at radius 2 is 2.20 bits per heavy atom. The molecule has 0 spiro atoms. The van der Waals surface area contributed by atoms with Gasteiger partial charge in [-0.2, -0.15) is 0 Å². The van der Waals surface area contributed by atoms with E-state index in [0.29, 0.717) is 15.7 Å². The molecule has 1 aromatic rings. The number of nitrogen functional groups attached to an aromatic ring is 1. The number of carbonyl (C=O) groups excluding carboxylic acids is 1. The number of hydrogen-bond acceptors (Lipinski definition) is 2. The first-order chi connectivity index (χ1) is 7.07. The Morgan fingerprint density at radius 3 is 2.80 bits per heavy atom. The molecule has 15 heavy (non-hydrogen) atoms. The summed E-state index contributed by atoms with van der Waals surface area (Å²) in [4.78, 5) is 13.6. The average molecular weight is 271 g/mol. The summed E-state index contributed by atoms with van der Waals surface area (Å²) >= 11 is 3.33. The number of halogens is 1. The molecule has 1 amide bonds. The smallest absolute Gasteiger partial charge is 0.254 e. The van der Waals surface area contributed by atoms with Crippen LogP contribution in [0.15, 0.2) is 22.7 Å². The number of amides is 1. The van der Waals surface area contributed by atoms with Crippen molar-refractivity contribution in [3.05, 3.63) is 28.2 Å². The average Bonchev–Trinajstić information content (AvgIpc) is 2.21. The predicted octanol–water partition coefficient (Wildman–Crippen LogP) is 2.51. The van der Waals surface area contributed by atoms with Crippen LogP contribution in [0.25, 0.3) is 0 Å². The fraction of sp³-hybridized carbons (Fsp3) is 0.364. The maximum absolute atomic E-state index is 11.9. The monoisotopic (exact) mass is 270 g/mol. The van der Waals surface area contributed by atoms with Crippen LogP contribution in [0.4, 0.5) is 5.69 Å². The lowest BCUT2D eigenvalue weighted by atomic mass is 10.2. The van der Waals surface area contributed by atoms with Crippen LogP contribution >= 0.6 is 15.9 Å². The number of benzene rings is 1. The summed E-state index contributed by atoms with van der Waals surface area (Å²) in [5.74, 6) is -0.00368. The van der Waals surface area contributed by atoms with Gasteiger partial charge in [0, 0.05) is 19.3 Å². The van der Waals surface area contributed by atoms with Crippen LogP contribution in [0, 0.1) is 0 Å². The van der Waals surface area contributed by atoms with Crippen LogP contribution in [0.1, 0.15) is 23.7 Å². The van der Waals surface area contributed by atoms with Gasteiger partial charge in [-0.1, -0.05) is 13.0 Å². The number of rotatable bonds is 3. The SMILES string of the molecule is CCCN(C)C(=O)c1cccc(N)c1Br. The highest BCUT2D eigenvalue weighted by Crippen LogP contribution is 2.24. The molecule has 0 heterocycles. The van der Waals surface area contributed by atoms with Crippen molar-refractivity contribution in [2.45, 2.75) is 13.3 Å². The predicted molar refractivity (Wildman–Crippen MR) is 65.8 cm³/mol. The summed E-state index contributed by atoms with van der Waals surface area (Å²) < 4.78 is 0.679. The van der Waals surface area contributed by atoms with Gasteiger partial charge in [0.1, 0.15) is 0 Å². The molecule has 0 radical (unpaired) electrons. The van der Waals surface area contributed by atoms with E-state index < -0.39 is 0 Å². The van der Waals surface area contributed by atoms with Gasteiger partial charge < -0.3 is 10.6 Å². The van der Waals surface area contributed by atoms with Gasteiger partial charge in [-0.15, -0.1) is 0 Å². The molecule has 0 saturated heterocycles. The summed E-state index contributed by atoms with van der Waals surface area (Å²) in [5, 5.41) is 0. The molecule has 1 aromatic carbocycles. The molecule has 2 N–H and O–H groups in total. The Labute approximate surface area is 98.4 Å². The van der Waals surface area contributed by atoms with E-state index in [9.17, 15) is 4.79 Å². The molecule has 3 nitrogen and oxygen atoms in total. The largest absolute Gasteiger partial charge is 0.398 e. The van der Waals surface area contributed by atoms with E-state index in [4.69, 9.17) is 5.73 Å². The maximum atomic E-state index is 11.9. The van der Waals surface area contributed by atoms with E-state index in [1.165, 1.54) is 0 Å². The number of carbonyl (C=O) groups is 1. The fourth-order valence-corrected chi connectivity index (χ4v) is 1.79. The Balaban J connectivity index is 2.96. The summed E-state index contributed by atoms with van der Waals surface area (Å²) in [7, 11) is 1.79. The highest BCUT2D eigenvalue weighted by Gasteiger charge is 2.14. The highest BCUT2D eigenvalue weighted by atomic mass is 79.9. The van der Waals surface area contributed by atoms with Gasteiger partial charge in [-0.3, -0.25) is 4.79 Å². The quantitative estimate of drug-likeness (QED) is 0.858. The Kier molecular flexibility index (Phi) is 4.15. The van der Waals surface area contributed by atoms with E-state index >= 15 is 0 Å². The second kappa shape index (κ2) is 5.16. The van der Waals surface area contributed by atoms with Crippen molar-refractivity contribution in [1.82, 2.24) is 4.90 Å². The second-order valence-electron chi connectivity index (χ2n) is 3.44. The first-order valence-corrected chi connectivity index (χ1v) is 5.66. The maximum Gasteiger partial charge on any atom is 0.254 e. The Morgan fingerprint density at radius 1 is 1.53 bits per heavy atom. The third-order valence-corrected chi connectivity index (χ3v) is 3.05. The van der Waals surface area contributed by atoms with E-state index in [-0.39, 0.29) is 5.91 Å². The van der Waals surface area contributed by atoms with E-state index in [1.54, 1.807) is 30.1 Å². The number of hydrogen-bond donors (Lipinski definition) is 1. The third-order valence-electron chi connectivity index (χ3n) is 2.16. The number of nitrogens with two attached hydrogens (primary N) is 1. The van der Waals surface area contributed by atoms with Gasteiger partial charge in [0.2, 0.25) is 0 Å². The third kappa shape index (κ3) is 2.72. The van der Waals surface area contributed by atoms with Crippen LogP contribution in [0.2, 0.25) is 0 Å². The molecule has 0 unspecified atom stereocenters. The van der Waals surface area contributed by atoms with E-state index in [0.717, 1.165) is 13.0 Å². The summed E-state index contributed by atoms with van der Waals surface area (Å²) in [6, 6.07) is 5.32. The summed E-state index contributed by atoms with van der Waals surface area (Å²) in [5.41, 5.74) is 6.92. The lowest BCUT2D eigenvalue weighted by Gasteiger charge is -2.17. The highest BCUT2D eigenvalue weighted by molar-refractivity contribution is 9.10. The lowest BCUT2D eigenvalue weighted by Crippen LogP contribution is -2.27. The Hall–Kier alpha value is -1.03. The minimum absolute atomic E-state index is 0.00368. The van der Waals surface area contributed by atoms with Crippen LogP contribution in [0.3, 0.4) is 0 Å². The molecule has 0 fully saturated rings. The van der Waals surface area contributed by atoms with E-state index in [2.05, 4.69) is 15.9 Å². The molecule has 0 aliphatic rings. The normalized spacial score (nSPS) is 10.1. The standard InChI is InChI=1S/C11H15BrN2O/c1-3-7-14(2)11(15)8-5-4-6-9(13)10(8)12/h4-6H,3,7,13H2,1-2H3. The molecule has 0 bridgehead atoms. The number of nitrogens with zero attached hydrogens (tertiary/aromatic N) is 1. The lowest BCUT2D eigenvalue weighted by molar-refractivity contribution is 0.0794. The van der Waals surface area contributed by atoms with Gasteiger partial charge in [0.15, 0.2) is 0 Å². The molecule has 1 rings (SSSR count). The first kappa shape index (κ1) is 12.0. The molecule has 0 aliphatic heterocycles. The van der Waals surface area contributed by atoms with Crippen molar-refractivity contribution in [1.29, 1.82) is 0 Å². The minimum Gasteiger partial charge on any atom is -0.398 e. The van der Waals surface area contributed by atoms with Crippen molar-refractivity contribution < 1.29 is 4.79 Å². The molecule has 0 atom stereocenters. The van der Waals surface area contributed by atoms with Crippen LogP contribution in [-0.2, 0) is 0 Å². The topological polar surface area (TPSA) is 46.3 Å². The molecular weight excluding hydrogens is 256 g/mol. The number of anilines is 1. The molecule has 82 valence electrons. The van der Waals surface area contributed by atoms with Crippen molar-refractivity contribution >= 4 is 27.5 Å². The van der Waals surface area contributed by atoms with Gasteiger partial charge in [0.25, 0.3) is 5.91 Å². The Bertz CT molecular complexity index is 366. The minimum atomic E-state index is -0.00368. The van der Waals surface area contributed by atoms with Crippen molar-refractivity contribution in [3.8, 4) is 0 Å². The van der Waals surface area contributed by atoms with E-state index in [1.807, 2.05) is 6.92 Å². The van der Waals surface area contributed by atoms with Gasteiger partial charge in [-0.05, 0) is 34.5 Å². The van der Waals surface area contributed by atoms with Crippen LogP contribution < -0.4 is 5.73 Å². The van der Waals surface area contributed by atoms with Crippen molar-refractivity contribution in [2.75, 3.05) is 19.3 Å². The molecule has 0 aliphatic carbocycles. The first-order valence-electron chi connectivity index (χ1n) is 4.87. The van der Waals surface area contributed by atoms with Crippen molar-refractivity contribution in [2.24, 2.45) is 0 Å². The summed E-state index contributed by atoms with van der Waals surface area (Å²) in [6.07, 6.45) is 0.947. The molecule has 4 heteroatoms. The second-order valence-corrected chi connectivity index (χ2v) is 4.23. The van der Waals surface area contributed by atoms with Gasteiger partial charge in [-0.25, -0.2) is 0 Å². The molecule has 0 aromatic heterocycles. The zero-order valence-electron chi connectivity index (χ0n) is 8.96. The van der Waals surface area contributed by atoms with Gasteiger partial charge >= 0.3 is 0 Å². The van der Waals surface area contributed by atoms with Crippen LogP contribution in [0.5, 0.6) is 0 Å².